The SMILES string of the molecule is C[Si](C)(C)c1sc2cc3c(I)c([Si](C)(C)C)sc3cc2c1I. The molecular formula is C16H20I2S2Si2. The molecule has 0 aliphatic carbocycles. The van der Waals surface area contributed by atoms with Crippen LogP contribution >= 0.6 is 67.9 Å². The summed E-state index contributed by atoms with van der Waals surface area (Å²) in [6.45, 7) is 14.7. The van der Waals surface area contributed by atoms with E-state index in [1.807, 2.05) is 22.7 Å². The zero-order valence-electron chi connectivity index (χ0n) is 13.7. The molecule has 0 spiro atoms. The smallest absolute Gasteiger partial charge is 0.0918 e. The lowest BCUT2D eigenvalue weighted by Gasteiger charge is -2.14. The van der Waals surface area contributed by atoms with Gasteiger partial charge in [-0.15, -0.1) is 22.7 Å². The van der Waals surface area contributed by atoms with Gasteiger partial charge in [0.25, 0.3) is 0 Å². The molecule has 0 saturated carbocycles. The van der Waals surface area contributed by atoms with Crippen molar-refractivity contribution in [2.45, 2.75) is 39.3 Å². The van der Waals surface area contributed by atoms with E-state index < -0.39 is 16.1 Å². The molecule has 3 rings (SSSR count). The third-order valence-corrected chi connectivity index (χ3v) is 17.2. The molecule has 2 heterocycles. The first-order chi connectivity index (χ1) is 10.00. The van der Waals surface area contributed by atoms with Crippen molar-refractivity contribution in [2.24, 2.45) is 0 Å². The van der Waals surface area contributed by atoms with Gasteiger partial charge in [-0.05, 0) is 57.3 Å². The van der Waals surface area contributed by atoms with Gasteiger partial charge in [0.2, 0.25) is 0 Å². The summed E-state index contributed by atoms with van der Waals surface area (Å²) in [5.41, 5.74) is 0. The van der Waals surface area contributed by atoms with Crippen LogP contribution in [0.1, 0.15) is 0 Å². The van der Waals surface area contributed by atoms with Crippen LogP contribution in [0.2, 0.25) is 39.3 Å². The van der Waals surface area contributed by atoms with Crippen LogP contribution in [0.4, 0.5) is 0 Å². The predicted molar refractivity (Wildman–Crippen MR) is 129 cm³/mol. The number of hydrogen-bond acceptors (Lipinski definition) is 2. The molecule has 0 unspecified atom stereocenters. The summed E-state index contributed by atoms with van der Waals surface area (Å²) in [5, 5.41) is 2.96. The van der Waals surface area contributed by atoms with Gasteiger partial charge in [-0.2, -0.15) is 0 Å². The second kappa shape index (κ2) is 5.79. The largest absolute Gasteiger partial charge is 0.144 e. The first kappa shape index (κ1) is 17.8. The molecule has 0 nitrogen and oxygen atoms in total. The van der Waals surface area contributed by atoms with Gasteiger partial charge in [-0.3, -0.25) is 0 Å². The van der Waals surface area contributed by atoms with Gasteiger partial charge < -0.3 is 0 Å². The Morgan fingerprint density at radius 3 is 1.27 bits per heavy atom. The normalized spacial score (nSPS) is 13.5. The minimum Gasteiger partial charge on any atom is -0.144 e. The van der Waals surface area contributed by atoms with Gasteiger partial charge in [0, 0.05) is 36.3 Å². The van der Waals surface area contributed by atoms with Gasteiger partial charge in [0.1, 0.15) is 0 Å². The van der Waals surface area contributed by atoms with Crippen molar-refractivity contribution in [3.8, 4) is 0 Å². The topological polar surface area (TPSA) is 0 Å². The lowest BCUT2D eigenvalue weighted by molar-refractivity contribution is 1.77. The average Bonchev–Trinajstić information content (AvgIpc) is 2.86. The highest BCUT2D eigenvalue weighted by molar-refractivity contribution is 14.1. The summed E-state index contributed by atoms with van der Waals surface area (Å²) in [5.74, 6) is 0. The highest BCUT2D eigenvalue weighted by Gasteiger charge is 2.26. The number of halogens is 2. The fourth-order valence-corrected chi connectivity index (χ4v) is 15.8. The van der Waals surface area contributed by atoms with Gasteiger partial charge in [-0.25, -0.2) is 0 Å². The summed E-state index contributed by atoms with van der Waals surface area (Å²) in [4.78, 5) is 0. The third-order valence-electron chi connectivity index (χ3n) is 3.74. The zero-order valence-corrected chi connectivity index (χ0v) is 21.7. The van der Waals surface area contributed by atoms with E-state index in [0.717, 1.165) is 0 Å². The summed E-state index contributed by atoms with van der Waals surface area (Å²) in [6.07, 6.45) is 0. The summed E-state index contributed by atoms with van der Waals surface area (Å²) >= 11 is 9.24. The molecule has 0 radical (unpaired) electrons. The molecule has 0 bridgehead atoms. The van der Waals surface area contributed by atoms with Crippen LogP contribution in [0.3, 0.4) is 0 Å². The van der Waals surface area contributed by atoms with Crippen LogP contribution in [0, 0.1) is 7.14 Å². The maximum absolute atomic E-state index is 2.58. The first-order valence-electron chi connectivity index (χ1n) is 7.35. The number of fused-ring (bicyclic) bond motifs is 2. The highest BCUT2D eigenvalue weighted by Crippen LogP contribution is 2.36. The fourth-order valence-electron chi connectivity index (χ4n) is 2.59. The highest BCUT2D eigenvalue weighted by atomic mass is 127. The van der Waals surface area contributed by atoms with E-state index in [2.05, 4.69) is 96.6 Å². The van der Waals surface area contributed by atoms with Gasteiger partial charge in [0.05, 0.1) is 16.1 Å². The molecule has 0 saturated heterocycles. The summed E-state index contributed by atoms with van der Waals surface area (Å²) in [7, 11) is -2.50. The van der Waals surface area contributed by atoms with E-state index in [1.54, 1.807) is 9.00 Å². The molecule has 118 valence electrons. The Bertz CT molecular complexity index is 805. The number of rotatable bonds is 2. The summed E-state index contributed by atoms with van der Waals surface area (Å²) < 4.78 is 9.29. The molecule has 0 aliphatic heterocycles. The van der Waals surface area contributed by atoms with Gasteiger partial charge >= 0.3 is 0 Å². The molecular weight excluding hydrogens is 566 g/mol. The molecule has 6 heteroatoms. The Morgan fingerprint density at radius 1 is 0.682 bits per heavy atom. The Balaban J connectivity index is 2.34. The minimum atomic E-state index is -1.25. The Hall–Kier alpha value is 1.03. The number of thiophene rings is 2. The van der Waals surface area contributed by atoms with Crippen LogP contribution < -0.4 is 9.00 Å². The molecule has 0 aliphatic rings. The lowest BCUT2D eigenvalue weighted by atomic mass is 10.2. The molecule has 2 aromatic heterocycles. The average molecular weight is 586 g/mol. The van der Waals surface area contributed by atoms with Crippen molar-refractivity contribution >= 4 is 113 Å². The molecule has 0 fully saturated rings. The van der Waals surface area contributed by atoms with Crippen molar-refractivity contribution in [3.63, 3.8) is 0 Å². The van der Waals surface area contributed by atoms with Crippen LogP contribution in [0.25, 0.3) is 20.2 Å². The van der Waals surface area contributed by atoms with E-state index >= 15 is 0 Å². The third kappa shape index (κ3) is 3.00. The van der Waals surface area contributed by atoms with Gasteiger partial charge in [-0.1, -0.05) is 39.3 Å². The second-order valence-corrected chi connectivity index (χ2v) is 22.8. The lowest BCUT2D eigenvalue weighted by Crippen LogP contribution is -2.36. The van der Waals surface area contributed by atoms with Crippen LogP contribution in [0.15, 0.2) is 12.1 Å². The maximum Gasteiger partial charge on any atom is 0.0918 e. The van der Waals surface area contributed by atoms with Crippen LogP contribution in [-0.2, 0) is 0 Å². The molecule has 0 amide bonds. The molecule has 0 N–H and O–H groups in total. The first-order valence-corrected chi connectivity index (χ1v) is 18.1. The van der Waals surface area contributed by atoms with Crippen molar-refractivity contribution in [2.75, 3.05) is 0 Å². The van der Waals surface area contributed by atoms with E-state index in [0.29, 0.717) is 0 Å². The summed E-state index contributed by atoms with van der Waals surface area (Å²) in [6, 6.07) is 4.92. The Morgan fingerprint density at radius 2 is 1.00 bits per heavy atom. The molecule has 3 aromatic rings. The van der Waals surface area contributed by atoms with E-state index in [-0.39, 0.29) is 0 Å². The molecule has 22 heavy (non-hydrogen) atoms. The Kier molecular flexibility index (Phi) is 4.70. The van der Waals surface area contributed by atoms with E-state index in [4.69, 9.17) is 0 Å². The van der Waals surface area contributed by atoms with Crippen LogP contribution in [0.5, 0.6) is 0 Å². The predicted octanol–water partition coefficient (Wildman–Crippen LogP) is 6.42. The standard InChI is InChI=1S/C16H20I2S2Si2/c1-21(2,3)15-13(17)9-7-12-10(8-11(9)19-15)14(18)16(20-12)22(4,5)6/h7-8H,1-6H3. The van der Waals surface area contributed by atoms with E-state index in [1.165, 1.54) is 27.3 Å². The van der Waals surface area contributed by atoms with Crippen molar-refractivity contribution in [3.05, 3.63) is 19.3 Å². The quantitative estimate of drug-likeness (QED) is 0.241. The zero-order chi connectivity index (χ0) is 16.4. The molecule has 1 aromatic carbocycles. The monoisotopic (exact) mass is 586 g/mol. The second-order valence-electron chi connectivity index (χ2n) is 7.83. The van der Waals surface area contributed by atoms with Crippen molar-refractivity contribution < 1.29 is 0 Å². The van der Waals surface area contributed by atoms with Crippen molar-refractivity contribution in [1.29, 1.82) is 0 Å². The molecule has 0 atom stereocenters. The van der Waals surface area contributed by atoms with Gasteiger partial charge in [0.15, 0.2) is 0 Å². The van der Waals surface area contributed by atoms with Crippen LogP contribution in [-0.4, -0.2) is 16.1 Å². The number of benzene rings is 1. The minimum absolute atomic E-state index is 1.25. The maximum atomic E-state index is 2.58. The number of hydrogen-bond donors (Lipinski definition) is 0. The Labute approximate surface area is 170 Å². The van der Waals surface area contributed by atoms with Crippen molar-refractivity contribution in [1.82, 2.24) is 0 Å². The fraction of sp³-hybridized carbons (Fsp3) is 0.375. The van der Waals surface area contributed by atoms with E-state index in [9.17, 15) is 0 Å².